The molecule has 2 heterocycles. The van der Waals surface area contributed by atoms with E-state index in [4.69, 9.17) is 0 Å². The van der Waals surface area contributed by atoms with E-state index in [0.29, 0.717) is 11.4 Å². The first-order valence-electron chi connectivity index (χ1n) is 10.7. The monoisotopic (exact) mass is 447 g/mol. The third kappa shape index (κ3) is 4.72. The van der Waals surface area contributed by atoms with Crippen molar-refractivity contribution in [3.8, 4) is 0 Å². The summed E-state index contributed by atoms with van der Waals surface area (Å²) in [6.45, 7) is 0.530. The lowest BCUT2D eigenvalue weighted by molar-refractivity contribution is -0.121. The van der Waals surface area contributed by atoms with E-state index in [2.05, 4.69) is 16.0 Å². The minimum Gasteiger partial charge on any atom is -0.354 e. The van der Waals surface area contributed by atoms with Crippen LogP contribution < -0.4 is 20.9 Å². The molecule has 0 unspecified atom stereocenters. The number of hydrogen-bond acceptors (Lipinski definition) is 4. The van der Waals surface area contributed by atoms with Crippen molar-refractivity contribution in [2.45, 2.75) is 18.9 Å². The van der Waals surface area contributed by atoms with E-state index in [-0.39, 0.29) is 43.7 Å². The number of urea groups is 1. The van der Waals surface area contributed by atoms with Crippen LogP contribution in [0.5, 0.6) is 0 Å². The largest absolute Gasteiger partial charge is 0.354 e. The quantitative estimate of drug-likeness (QED) is 0.362. The molecule has 1 fully saturated rings. The molecule has 9 heteroatoms. The normalized spacial score (nSPS) is 15.5. The van der Waals surface area contributed by atoms with Gasteiger partial charge in [-0.1, -0.05) is 36.4 Å². The van der Waals surface area contributed by atoms with E-state index < -0.39 is 12.1 Å². The molecule has 170 valence electrons. The van der Waals surface area contributed by atoms with Crippen molar-refractivity contribution in [2.75, 3.05) is 18.0 Å². The van der Waals surface area contributed by atoms with Gasteiger partial charge in [-0.05, 0) is 30.7 Å². The molecular weight excluding hydrogens is 422 g/mol. The lowest BCUT2D eigenvalue weighted by Crippen LogP contribution is -2.36. The highest BCUT2D eigenvalue weighted by atomic mass is 16.2. The smallest absolute Gasteiger partial charge is 0.329 e. The second kappa shape index (κ2) is 9.56. The summed E-state index contributed by atoms with van der Waals surface area (Å²) >= 11 is 0. The van der Waals surface area contributed by atoms with Crippen molar-refractivity contribution in [2.24, 2.45) is 7.05 Å². The highest BCUT2D eigenvalue weighted by Crippen LogP contribution is 2.21. The lowest BCUT2D eigenvalue weighted by Gasteiger charge is -2.12. The minimum absolute atomic E-state index is 0.0798. The SMILES string of the molecule is Cn1c(C(=O)NCCNC(=O)CC[C@H]2NC(=O)N(c3ccccc3)C2=O)cc2ccccc21. The van der Waals surface area contributed by atoms with Crippen LogP contribution in [-0.4, -0.2) is 47.5 Å². The number of amides is 5. The number of hydrogen-bond donors (Lipinski definition) is 3. The summed E-state index contributed by atoms with van der Waals surface area (Å²) in [5.41, 5.74) is 2.00. The molecule has 1 aliphatic heterocycles. The Bertz CT molecular complexity index is 1200. The number of rotatable bonds is 8. The van der Waals surface area contributed by atoms with Gasteiger partial charge in [0.15, 0.2) is 0 Å². The van der Waals surface area contributed by atoms with Crippen LogP contribution in [0.4, 0.5) is 10.5 Å². The topological polar surface area (TPSA) is 113 Å². The summed E-state index contributed by atoms with van der Waals surface area (Å²) in [4.78, 5) is 50.4. The summed E-state index contributed by atoms with van der Waals surface area (Å²) in [7, 11) is 1.83. The van der Waals surface area contributed by atoms with Crippen LogP contribution in [0.3, 0.4) is 0 Å². The zero-order valence-corrected chi connectivity index (χ0v) is 18.2. The number of carbonyl (C=O) groups excluding carboxylic acids is 4. The van der Waals surface area contributed by atoms with Crippen LogP contribution in [0.1, 0.15) is 23.3 Å². The number of para-hydroxylation sites is 2. The molecule has 0 aliphatic carbocycles. The predicted molar refractivity (Wildman–Crippen MR) is 124 cm³/mol. The molecule has 0 spiro atoms. The molecule has 5 amide bonds. The average Bonchev–Trinajstić information content (AvgIpc) is 3.31. The number of aromatic nitrogens is 1. The summed E-state index contributed by atoms with van der Waals surface area (Å²) in [6, 6.07) is 17.0. The molecule has 4 rings (SSSR count). The molecule has 0 bridgehead atoms. The van der Waals surface area contributed by atoms with Gasteiger partial charge in [0.2, 0.25) is 5.91 Å². The van der Waals surface area contributed by atoms with Crippen LogP contribution in [0.2, 0.25) is 0 Å². The van der Waals surface area contributed by atoms with Crippen molar-refractivity contribution >= 4 is 40.3 Å². The van der Waals surface area contributed by atoms with Gasteiger partial charge in [0.05, 0.1) is 5.69 Å². The van der Waals surface area contributed by atoms with Gasteiger partial charge in [-0.15, -0.1) is 0 Å². The Morgan fingerprint density at radius 1 is 0.970 bits per heavy atom. The molecule has 9 nitrogen and oxygen atoms in total. The third-order valence-electron chi connectivity index (χ3n) is 5.61. The van der Waals surface area contributed by atoms with E-state index >= 15 is 0 Å². The summed E-state index contributed by atoms with van der Waals surface area (Å²) in [6.07, 6.45) is 0.276. The van der Waals surface area contributed by atoms with Gasteiger partial charge in [0.1, 0.15) is 11.7 Å². The number of imide groups is 1. The first kappa shape index (κ1) is 22.1. The number of nitrogens with one attached hydrogen (secondary N) is 3. The second-order valence-corrected chi connectivity index (χ2v) is 7.80. The van der Waals surface area contributed by atoms with Crippen molar-refractivity contribution < 1.29 is 19.2 Å². The number of aryl methyl sites for hydroxylation is 1. The Hall–Kier alpha value is -4.14. The Labute approximate surface area is 190 Å². The van der Waals surface area contributed by atoms with E-state index in [1.165, 1.54) is 0 Å². The molecule has 3 aromatic rings. The summed E-state index contributed by atoms with van der Waals surface area (Å²) < 4.78 is 1.83. The molecule has 0 radical (unpaired) electrons. The highest BCUT2D eigenvalue weighted by Gasteiger charge is 2.38. The highest BCUT2D eigenvalue weighted by molar-refractivity contribution is 6.21. The molecule has 1 atom stereocenters. The predicted octanol–water partition coefficient (Wildman–Crippen LogP) is 1.93. The first-order valence-corrected chi connectivity index (χ1v) is 10.7. The van der Waals surface area contributed by atoms with Gasteiger partial charge < -0.3 is 20.5 Å². The minimum atomic E-state index is -0.741. The number of fused-ring (bicyclic) bond motifs is 1. The van der Waals surface area contributed by atoms with E-state index in [1.807, 2.05) is 41.9 Å². The van der Waals surface area contributed by atoms with Crippen LogP contribution in [-0.2, 0) is 16.6 Å². The molecule has 1 saturated heterocycles. The fourth-order valence-electron chi connectivity index (χ4n) is 3.89. The average molecular weight is 447 g/mol. The van der Waals surface area contributed by atoms with Crippen LogP contribution in [0, 0.1) is 0 Å². The molecule has 1 aliphatic rings. The number of benzene rings is 2. The summed E-state index contributed by atoms with van der Waals surface area (Å²) in [5, 5.41) is 9.13. The van der Waals surface area contributed by atoms with Crippen molar-refractivity contribution in [3.63, 3.8) is 0 Å². The van der Waals surface area contributed by atoms with Gasteiger partial charge in [0.25, 0.3) is 11.8 Å². The van der Waals surface area contributed by atoms with E-state index in [9.17, 15) is 19.2 Å². The van der Waals surface area contributed by atoms with Gasteiger partial charge in [-0.2, -0.15) is 0 Å². The maximum absolute atomic E-state index is 12.6. The molecule has 33 heavy (non-hydrogen) atoms. The molecule has 1 aromatic heterocycles. The summed E-state index contributed by atoms with van der Waals surface area (Å²) in [5.74, 6) is -0.849. The zero-order valence-electron chi connectivity index (χ0n) is 18.2. The second-order valence-electron chi connectivity index (χ2n) is 7.80. The Kier molecular flexibility index (Phi) is 6.39. The Morgan fingerprint density at radius 3 is 2.42 bits per heavy atom. The zero-order chi connectivity index (χ0) is 23.4. The third-order valence-corrected chi connectivity index (χ3v) is 5.61. The maximum Gasteiger partial charge on any atom is 0.329 e. The van der Waals surface area contributed by atoms with E-state index in [1.54, 1.807) is 30.3 Å². The van der Waals surface area contributed by atoms with Gasteiger partial charge >= 0.3 is 6.03 Å². The fraction of sp³-hybridized carbons (Fsp3) is 0.250. The van der Waals surface area contributed by atoms with Crippen LogP contribution >= 0.6 is 0 Å². The van der Waals surface area contributed by atoms with Gasteiger partial charge in [-0.25, -0.2) is 9.69 Å². The number of nitrogens with zero attached hydrogens (tertiary/aromatic N) is 2. The van der Waals surface area contributed by atoms with Crippen molar-refractivity contribution in [1.29, 1.82) is 0 Å². The van der Waals surface area contributed by atoms with Crippen LogP contribution in [0.15, 0.2) is 60.7 Å². The molecule has 2 aromatic carbocycles. The fourth-order valence-corrected chi connectivity index (χ4v) is 3.89. The molecular formula is C24H25N5O4. The first-order chi connectivity index (χ1) is 16.0. The molecule has 3 N–H and O–H groups in total. The van der Waals surface area contributed by atoms with Crippen molar-refractivity contribution in [3.05, 3.63) is 66.4 Å². The maximum atomic E-state index is 12.6. The Balaban J connectivity index is 1.20. The Morgan fingerprint density at radius 2 is 1.67 bits per heavy atom. The van der Waals surface area contributed by atoms with Gasteiger partial charge in [0, 0.05) is 37.5 Å². The lowest BCUT2D eigenvalue weighted by atomic mass is 10.1. The number of anilines is 1. The van der Waals surface area contributed by atoms with Gasteiger partial charge in [-0.3, -0.25) is 14.4 Å². The van der Waals surface area contributed by atoms with E-state index in [0.717, 1.165) is 15.8 Å². The standard InChI is InChI=1S/C24H25N5O4/c1-28-19-10-6-5-7-16(19)15-20(28)22(31)26-14-13-25-21(30)12-11-18-23(32)29(24(33)27-18)17-8-3-2-4-9-17/h2-10,15,18H,11-14H2,1H3,(H,25,30)(H,26,31)(H,27,33)/t18-/m1/s1. The van der Waals surface area contributed by atoms with Crippen LogP contribution in [0.25, 0.3) is 10.9 Å². The number of carbonyl (C=O) groups is 4. The molecule has 0 saturated carbocycles. The van der Waals surface area contributed by atoms with Crippen molar-refractivity contribution in [1.82, 2.24) is 20.5 Å².